The molecule has 2 aliphatic heterocycles. The summed E-state index contributed by atoms with van der Waals surface area (Å²) >= 11 is 0. The molecular formula is C26H16N2O8-2. The zero-order valence-corrected chi connectivity index (χ0v) is 18.4. The molecule has 5 aliphatic rings. The number of carboxylic acid groups (broad SMARTS) is 2. The van der Waals surface area contributed by atoms with E-state index in [1.807, 2.05) is 0 Å². The van der Waals surface area contributed by atoms with Crippen LogP contribution in [-0.4, -0.2) is 35.6 Å². The largest absolute Gasteiger partial charge is 0.545 e. The smallest absolute Gasteiger partial charge is 0.238 e. The predicted molar refractivity (Wildman–Crippen MR) is 117 cm³/mol. The Bertz CT molecular complexity index is 1290. The molecule has 0 spiro atoms. The van der Waals surface area contributed by atoms with Crippen LogP contribution < -0.4 is 20.0 Å². The van der Waals surface area contributed by atoms with Gasteiger partial charge in [0.1, 0.15) is 0 Å². The van der Waals surface area contributed by atoms with Crippen LogP contribution in [0, 0.1) is 35.5 Å². The van der Waals surface area contributed by atoms with E-state index in [-0.39, 0.29) is 22.5 Å². The highest BCUT2D eigenvalue weighted by atomic mass is 16.4. The number of hydrogen-bond donors (Lipinski definition) is 0. The van der Waals surface area contributed by atoms with Gasteiger partial charge in [-0.15, -0.1) is 0 Å². The van der Waals surface area contributed by atoms with Crippen LogP contribution >= 0.6 is 0 Å². The zero-order chi connectivity index (χ0) is 25.5. The Morgan fingerprint density at radius 1 is 0.583 bits per heavy atom. The van der Waals surface area contributed by atoms with Gasteiger partial charge in [-0.2, -0.15) is 0 Å². The lowest BCUT2D eigenvalue weighted by Crippen LogP contribution is -2.50. The van der Waals surface area contributed by atoms with E-state index in [0.717, 1.165) is 9.80 Å². The number of carbonyl (C=O) groups excluding carboxylic acids is 6. The molecule has 2 bridgehead atoms. The quantitative estimate of drug-likeness (QED) is 0.401. The second kappa shape index (κ2) is 7.45. The molecule has 2 aromatic rings. The SMILES string of the molecule is O=C([O-])c1cccc(N2C(=O)C3C4C=CC(C3C2=O)C2C(=O)N(c3cccc(C(=O)[O-])c3)C(=O)C42)c1. The van der Waals surface area contributed by atoms with E-state index < -0.39 is 71.1 Å². The number of rotatable bonds is 4. The van der Waals surface area contributed by atoms with Gasteiger partial charge in [-0.1, -0.05) is 36.4 Å². The second-order valence-electron chi connectivity index (χ2n) is 9.34. The van der Waals surface area contributed by atoms with Crippen LogP contribution in [0.4, 0.5) is 11.4 Å². The lowest BCUT2D eigenvalue weighted by Gasteiger charge is -2.44. The summed E-state index contributed by atoms with van der Waals surface area (Å²) in [5.74, 6) is -10.1. The molecule has 3 aliphatic carbocycles. The predicted octanol–water partition coefficient (Wildman–Crippen LogP) is -0.859. The fourth-order valence-electron chi connectivity index (χ4n) is 6.28. The molecule has 2 heterocycles. The van der Waals surface area contributed by atoms with E-state index in [2.05, 4.69) is 0 Å². The van der Waals surface area contributed by atoms with Gasteiger partial charge in [-0.3, -0.25) is 19.2 Å². The summed E-state index contributed by atoms with van der Waals surface area (Å²) in [5.41, 5.74) is -0.213. The number of amides is 4. The third kappa shape index (κ3) is 2.78. The highest BCUT2D eigenvalue weighted by Gasteiger charge is 2.68. The molecule has 2 aromatic carbocycles. The van der Waals surface area contributed by atoms with Crippen molar-refractivity contribution in [2.75, 3.05) is 9.80 Å². The zero-order valence-electron chi connectivity index (χ0n) is 18.4. The van der Waals surface area contributed by atoms with Crippen LogP contribution in [0.15, 0.2) is 60.7 Å². The number of benzene rings is 2. The van der Waals surface area contributed by atoms with Gasteiger partial charge in [0.15, 0.2) is 0 Å². The topological polar surface area (TPSA) is 155 Å². The van der Waals surface area contributed by atoms with E-state index in [1.165, 1.54) is 48.5 Å². The van der Waals surface area contributed by atoms with Gasteiger partial charge in [0.05, 0.1) is 47.0 Å². The minimum atomic E-state index is -1.45. The van der Waals surface area contributed by atoms with Gasteiger partial charge < -0.3 is 19.8 Å². The minimum Gasteiger partial charge on any atom is -0.545 e. The maximum atomic E-state index is 13.5. The molecule has 0 N–H and O–H groups in total. The van der Waals surface area contributed by atoms with Crippen molar-refractivity contribution >= 4 is 46.9 Å². The molecule has 7 rings (SSSR count). The first-order valence-electron chi connectivity index (χ1n) is 11.3. The lowest BCUT2D eigenvalue weighted by molar-refractivity contribution is -0.256. The number of aromatic carboxylic acids is 2. The third-order valence-corrected chi connectivity index (χ3v) is 7.69. The summed E-state index contributed by atoms with van der Waals surface area (Å²) < 4.78 is 0. The Morgan fingerprint density at radius 2 is 0.917 bits per heavy atom. The fourth-order valence-corrected chi connectivity index (χ4v) is 6.28. The molecule has 4 atom stereocenters. The summed E-state index contributed by atoms with van der Waals surface area (Å²) in [6, 6.07) is 10.6. The maximum absolute atomic E-state index is 13.5. The molecule has 2 saturated heterocycles. The van der Waals surface area contributed by atoms with Crippen molar-refractivity contribution in [1.29, 1.82) is 0 Å². The highest BCUT2D eigenvalue weighted by Crippen LogP contribution is 2.58. The van der Waals surface area contributed by atoms with Gasteiger partial charge in [-0.05, 0) is 35.4 Å². The average molecular weight is 484 g/mol. The number of hydrogen-bond acceptors (Lipinski definition) is 8. The summed E-state index contributed by atoms with van der Waals surface area (Å²) in [5, 5.41) is 22.6. The number of carboxylic acids is 2. The average Bonchev–Trinajstić information content (AvgIpc) is 3.31. The molecule has 3 fully saturated rings. The van der Waals surface area contributed by atoms with Gasteiger partial charge in [0.2, 0.25) is 23.6 Å². The highest BCUT2D eigenvalue weighted by molar-refractivity contribution is 6.26. The first-order valence-corrected chi connectivity index (χ1v) is 11.3. The molecular weight excluding hydrogens is 468 g/mol. The number of nitrogens with zero attached hydrogens (tertiary/aromatic N) is 2. The fraction of sp³-hybridized carbons (Fsp3) is 0.231. The van der Waals surface area contributed by atoms with Gasteiger partial charge in [0.25, 0.3) is 0 Å². The van der Waals surface area contributed by atoms with Crippen LogP contribution in [0.5, 0.6) is 0 Å². The van der Waals surface area contributed by atoms with Gasteiger partial charge in [-0.25, -0.2) is 9.80 Å². The molecule has 4 amide bonds. The second-order valence-corrected chi connectivity index (χ2v) is 9.34. The molecule has 10 heteroatoms. The van der Waals surface area contributed by atoms with Gasteiger partial charge in [0, 0.05) is 11.8 Å². The number of anilines is 2. The number of carbonyl (C=O) groups is 6. The molecule has 10 nitrogen and oxygen atoms in total. The minimum absolute atomic E-state index is 0.0871. The van der Waals surface area contributed by atoms with E-state index >= 15 is 0 Å². The summed E-state index contributed by atoms with van der Waals surface area (Å²) in [7, 11) is 0. The molecule has 4 unspecified atom stereocenters. The van der Waals surface area contributed by atoms with Crippen molar-refractivity contribution in [2.24, 2.45) is 35.5 Å². The number of imide groups is 2. The van der Waals surface area contributed by atoms with Crippen molar-refractivity contribution in [3.05, 3.63) is 71.8 Å². The lowest BCUT2D eigenvalue weighted by atomic mass is 9.54. The van der Waals surface area contributed by atoms with E-state index in [1.54, 1.807) is 12.2 Å². The van der Waals surface area contributed by atoms with Crippen LogP contribution in [0.25, 0.3) is 0 Å². The van der Waals surface area contributed by atoms with E-state index in [9.17, 15) is 39.0 Å². The van der Waals surface area contributed by atoms with Crippen LogP contribution in [0.1, 0.15) is 20.7 Å². The van der Waals surface area contributed by atoms with Crippen LogP contribution in [0.3, 0.4) is 0 Å². The van der Waals surface area contributed by atoms with Crippen molar-refractivity contribution in [3.63, 3.8) is 0 Å². The Labute approximate surface area is 203 Å². The molecule has 0 radical (unpaired) electrons. The number of allylic oxidation sites excluding steroid dienone is 2. The summed E-state index contributed by atoms with van der Waals surface area (Å²) in [6.07, 6.45) is 3.40. The van der Waals surface area contributed by atoms with E-state index in [0.29, 0.717) is 0 Å². The molecule has 180 valence electrons. The van der Waals surface area contributed by atoms with Crippen LogP contribution in [-0.2, 0) is 19.2 Å². The van der Waals surface area contributed by atoms with Crippen molar-refractivity contribution < 1.29 is 39.0 Å². The normalized spacial score (nSPS) is 30.1. The third-order valence-electron chi connectivity index (χ3n) is 7.69. The monoisotopic (exact) mass is 484 g/mol. The summed E-state index contributed by atoms with van der Waals surface area (Å²) in [6.45, 7) is 0. The first-order chi connectivity index (χ1) is 17.2. The molecule has 1 saturated carbocycles. The maximum Gasteiger partial charge on any atom is 0.238 e. The molecule has 0 aromatic heterocycles. The van der Waals surface area contributed by atoms with Crippen molar-refractivity contribution in [1.82, 2.24) is 0 Å². The van der Waals surface area contributed by atoms with Crippen molar-refractivity contribution in [3.8, 4) is 0 Å². The standard InChI is InChI=1S/C26H18N2O8/c29-21-17-15-7-8-16(18(17)22(30)27(21)13-5-1-3-11(9-13)25(33)34)20-19(15)23(31)28(24(20)32)14-6-2-4-12(10-14)26(35)36/h1-10,15-20H,(H,33,34)(H,35,36)/p-2. The molecule has 36 heavy (non-hydrogen) atoms. The summed E-state index contributed by atoms with van der Waals surface area (Å²) in [4.78, 5) is 78.4. The Morgan fingerprint density at radius 3 is 1.22 bits per heavy atom. The Hall–Kier alpha value is -4.60. The van der Waals surface area contributed by atoms with Gasteiger partial charge >= 0.3 is 0 Å². The first kappa shape index (κ1) is 21.9. The van der Waals surface area contributed by atoms with E-state index in [4.69, 9.17) is 0 Å². The van der Waals surface area contributed by atoms with Crippen molar-refractivity contribution in [2.45, 2.75) is 0 Å². The Kier molecular flexibility index (Phi) is 4.53. The van der Waals surface area contributed by atoms with Crippen LogP contribution in [0.2, 0.25) is 0 Å². The Balaban J connectivity index is 1.38.